The number of non-ortho nitro benzene ring substituents is 1. The van der Waals surface area contributed by atoms with Crippen molar-refractivity contribution in [1.82, 2.24) is 4.90 Å². The molecule has 1 saturated heterocycles. The zero-order valence-electron chi connectivity index (χ0n) is 15.9. The van der Waals surface area contributed by atoms with E-state index in [1.807, 2.05) is 12.1 Å². The summed E-state index contributed by atoms with van der Waals surface area (Å²) < 4.78 is 5.20. The first-order valence-electron chi connectivity index (χ1n) is 9.17. The number of nitro groups is 1. The summed E-state index contributed by atoms with van der Waals surface area (Å²) in [4.78, 5) is 25.4. The van der Waals surface area contributed by atoms with E-state index in [9.17, 15) is 14.9 Å². The van der Waals surface area contributed by atoms with E-state index in [0.29, 0.717) is 40.9 Å². The molecule has 1 N–H and O–H groups in total. The molecule has 0 radical (unpaired) electrons. The van der Waals surface area contributed by atoms with Crippen molar-refractivity contribution in [2.24, 2.45) is 5.92 Å². The van der Waals surface area contributed by atoms with Crippen LogP contribution >= 0.6 is 23.2 Å². The average Bonchev–Trinajstić information content (AvgIpc) is 2.70. The van der Waals surface area contributed by atoms with E-state index in [0.717, 1.165) is 18.7 Å². The van der Waals surface area contributed by atoms with E-state index in [1.165, 1.54) is 25.3 Å². The van der Waals surface area contributed by atoms with Crippen molar-refractivity contribution in [3.8, 4) is 5.75 Å². The molecule has 0 saturated carbocycles. The average molecular weight is 438 g/mol. The van der Waals surface area contributed by atoms with E-state index >= 15 is 0 Å². The fourth-order valence-corrected chi connectivity index (χ4v) is 3.85. The second-order valence-electron chi connectivity index (χ2n) is 6.92. The van der Waals surface area contributed by atoms with Gasteiger partial charge in [-0.25, -0.2) is 0 Å². The number of likely N-dealkylation sites (tertiary alicyclic amines) is 1. The summed E-state index contributed by atoms with van der Waals surface area (Å²) in [5.41, 5.74) is 1.21. The fraction of sp³-hybridized carbons (Fsp3) is 0.350. The third kappa shape index (κ3) is 5.38. The molecule has 29 heavy (non-hydrogen) atoms. The van der Waals surface area contributed by atoms with Gasteiger partial charge in [0.05, 0.1) is 17.7 Å². The van der Waals surface area contributed by atoms with E-state index in [-0.39, 0.29) is 17.5 Å². The lowest BCUT2D eigenvalue weighted by atomic mass is 9.95. The molecule has 9 heteroatoms. The Morgan fingerprint density at radius 1 is 1.24 bits per heavy atom. The molecule has 7 nitrogen and oxygen atoms in total. The lowest BCUT2D eigenvalue weighted by molar-refractivity contribution is -0.384. The maximum atomic E-state index is 12.7. The molecule has 1 aliphatic heterocycles. The number of piperidine rings is 1. The number of benzene rings is 2. The van der Waals surface area contributed by atoms with Gasteiger partial charge in [-0.15, -0.1) is 0 Å². The second-order valence-corrected chi connectivity index (χ2v) is 7.76. The van der Waals surface area contributed by atoms with Gasteiger partial charge < -0.3 is 10.1 Å². The molecule has 154 valence electrons. The molecule has 0 aliphatic carbocycles. The molecule has 0 spiro atoms. The third-order valence-electron chi connectivity index (χ3n) is 5.02. The number of nitrogens with zero attached hydrogens (tertiary/aromatic N) is 2. The van der Waals surface area contributed by atoms with Crippen molar-refractivity contribution >= 4 is 40.5 Å². The van der Waals surface area contributed by atoms with Crippen molar-refractivity contribution in [3.63, 3.8) is 0 Å². The van der Waals surface area contributed by atoms with Crippen molar-refractivity contribution in [2.75, 3.05) is 25.5 Å². The van der Waals surface area contributed by atoms with Gasteiger partial charge in [0.15, 0.2) is 0 Å². The summed E-state index contributed by atoms with van der Waals surface area (Å²) in [6, 6.07) is 9.59. The maximum absolute atomic E-state index is 12.7. The number of carbonyl (C=O) groups excluding carboxylic acids is 1. The van der Waals surface area contributed by atoms with Crippen LogP contribution < -0.4 is 10.1 Å². The minimum Gasteiger partial charge on any atom is -0.495 e. The first kappa shape index (κ1) is 21.4. The van der Waals surface area contributed by atoms with Gasteiger partial charge in [0.25, 0.3) is 5.69 Å². The maximum Gasteiger partial charge on any atom is 0.271 e. The van der Waals surface area contributed by atoms with E-state index in [2.05, 4.69) is 10.2 Å². The molecular formula is C20H21Cl2N3O4. The Balaban J connectivity index is 1.59. The molecule has 1 heterocycles. The molecule has 2 aromatic carbocycles. The number of rotatable bonds is 6. The van der Waals surface area contributed by atoms with Gasteiger partial charge >= 0.3 is 0 Å². The van der Waals surface area contributed by atoms with Crippen LogP contribution in [-0.2, 0) is 11.3 Å². The zero-order chi connectivity index (χ0) is 21.0. The van der Waals surface area contributed by atoms with Crippen LogP contribution in [0, 0.1) is 16.0 Å². The molecule has 2 aromatic rings. The Bertz CT molecular complexity index is 915. The Labute approximate surface area is 178 Å². The van der Waals surface area contributed by atoms with Crippen molar-refractivity contribution in [1.29, 1.82) is 0 Å². The summed E-state index contributed by atoms with van der Waals surface area (Å²) in [7, 11) is 1.46. The standard InChI is InChI=1S/C20H21Cl2N3O4/c1-29-19-5-4-16(25(27)28)11-18(19)23-20(26)13-6-8-24(9-7-13)12-14-2-3-15(21)10-17(14)22/h2-5,10-11,13H,6-9,12H2,1H3,(H,23,26). The summed E-state index contributed by atoms with van der Waals surface area (Å²) in [6.45, 7) is 2.20. The summed E-state index contributed by atoms with van der Waals surface area (Å²) in [5.74, 6) is 0.0580. The van der Waals surface area contributed by atoms with Crippen LogP contribution in [0.2, 0.25) is 10.0 Å². The molecule has 0 unspecified atom stereocenters. The third-order valence-corrected chi connectivity index (χ3v) is 5.61. The molecule has 0 bridgehead atoms. The number of nitro benzene ring substituents is 1. The van der Waals surface area contributed by atoms with Crippen LogP contribution in [0.5, 0.6) is 5.75 Å². The van der Waals surface area contributed by atoms with Crippen LogP contribution in [-0.4, -0.2) is 35.9 Å². The minimum atomic E-state index is -0.504. The number of hydrogen-bond donors (Lipinski definition) is 1. The topological polar surface area (TPSA) is 84.7 Å². The summed E-state index contributed by atoms with van der Waals surface area (Å²) in [6.07, 6.45) is 1.38. The summed E-state index contributed by atoms with van der Waals surface area (Å²) >= 11 is 12.2. The van der Waals surface area contributed by atoms with E-state index in [1.54, 1.807) is 6.07 Å². The Morgan fingerprint density at radius 2 is 1.97 bits per heavy atom. The summed E-state index contributed by atoms with van der Waals surface area (Å²) in [5, 5.41) is 15.0. The van der Waals surface area contributed by atoms with Gasteiger partial charge in [0.2, 0.25) is 5.91 Å². The zero-order valence-corrected chi connectivity index (χ0v) is 17.4. The lowest BCUT2D eigenvalue weighted by Crippen LogP contribution is -2.37. The van der Waals surface area contributed by atoms with E-state index < -0.39 is 4.92 Å². The van der Waals surface area contributed by atoms with Crippen molar-refractivity contribution in [3.05, 3.63) is 62.1 Å². The largest absolute Gasteiger partial charge is 0.495 e. The van der Waals surface area contributed by atoms with Crippen LogP contribution in [0.15, 0.2) is 36.4 Å². The van der Waals surface area contributed by atoms with Crippen LogP contribution in [0.1, 0.15) is 18.4 Å². The first-order chi connectivity index (χ1) is 13.9. The minimum absolute atomic E-state index is 0.101. The molecule has 1 aliphatic rings. The highest BCUT2D eigenvalue weighted by Gasteiger charge is 2.26. The first-order valence-corrected chi connectivity index (χ1v) is 9.92. The quantitative estimate of drug-likeness (QED) is 0.519. The van der Waals surface area contributed by atoms with Gasteiger partial charge in [0.1, 0.15) is 5.75 Å². The SMILES string of the molecule is COc1ccc([N+](=O)[O-])cc1NC(=O)C1CCN(Cc2ccc(Cl)cc2Cl)CC1. The monoisotopic (exact) mass is 437 g/mol. The highest BCUT2D eigenvalue weighted by Crippen LogP contribution is 2.30. The molecule has 1 fully saturated rings. The lowest BCUT2D eigenvalue weighted by Gasteiger charge is -2.31. The molecule has 0 atom stereocenters. The Hall–Kier alpha value is -2.35. The van der Waals surface area contributed by atoms with Gasteiger partial charge in [-0.05, 0) is 49.7 Å². The van der Waals surface area contributed by atoms with Gasteiger partial charge in [0, 0.05) is 34.6 Å². The van der Waals surface area contributed by atoms with Gasteiger partial charge in [-0.1, -0.05) is 29.3 Å². The molecular weight excluding hydrogens is 417 g/mol. The predicted molar refractivity (Wildman–Crippen MR) is 113 cm³/mol. The predicted octanol–water partition coefficient (Wildman–Crippen LogP) is 4.76. The number of methoxy groups -OCH3 is 1. The smallest absolute Gasteiger partial charge is 0.271 e. The number of amides is 1. The van der Waals surface area contributed by atoms with Crippen LogP contribution in [0.25, 0.3) is 0 Å². The highest BCUT2D eigenvalue weighted by molar-refractivity contribution is 6.35. The fourth-order valence-electron chi connectivity index (χ4n) is 3.39. The van der Waals surface area contributed by atoms with Crippen LogP contribution in [0.3, 0.4) is 0 Å². The number of ether oxygens (including phenoxy) is 1. The second kappa shape index (κ2) is 9.43. The number of anilines is 1. The van der Waals surface area contributed by atoms with Crippen molar-refractivity contribution in [2.45, 2.75) is 19.4 Å². The highest BCUT2D eigenvalue weighted by atomic mass is 35.5. The molecule has 3 rings (SSSR count). The Kier molecular flexibility index (Phi) is 6.95. The van der Waals surface area contributed by atoms with Gasteiger partial charge in [-0.3, -0.25) is 19.8 Å². The molecule has 0 aromatic heterocycles. The van der Waals surface area contributed by atoms with E-state index in [4.69, 9.17) is 27.9 Å². The van der Waals surface area contributed by atoms with Gasteiger partial charge in [-0.2, -0.15) is 0 Å². The number of hydrogen-bond acceptors (Lipinski definition) is 5. The Morgan fingerprint density at radius 3 is 2.59 bits per heavy atom. The molecule has 1 amide bonds. The normalized spacial score (nSPS) is 15.1. The number of carbonyl (C=O) groups is 1. The number of nitrogens with one attached hydrogen (secondary N) is 1. The van der Waals surface area contributed by atoms with Crippen molar-refractivity contribution < 1.29 is 14.5 Å². The number of halogens is 2. The van der Waals surface area contributed by atoms with Crippen LogP contribution in [0.4, 0.5) is 11.4 Å².